The van der Waals surface area contributed by atoms with Crippen molar-refractivity contribution in [2.75, 3.05) is 25.6 Å². The Labute approximate surface area is 208 Å². The van der Waals surface area contributed by atoms with Crippen molar-refractivity contribution >= 4 is 57.7 Å². The van der Waals surface area contributed by atoms with E-state index in [2.05, 4.69) is 51.9 Å². The minimum absolute atomic E-state index is 0.413. The fourth-order valence-electron chi connectivity index (χ4n) is 4.56. The number of carbonyl (C=O) groups excluding carboxylic acids is 1. The fourth-order valence-corrected chi connectivity index (χ4v) is 4.56. The lowest BCUT2D eigenvalue weighted by molar-refractivity contribution is 0.111. The highest BCUT2D eigenvalue weighted by molar-refractivity contribution is 14.2. The van der Waals surface area contributed by atoms with E-state index in [1.54, 1.807) is 6.20 Å². The highest BCUT2D eigenvalue weighted by Crippen LogP contribution is 2.42. The molecule has 1 aliphatic carbocycles. The molecule has 6 nitrogen and oxygen atoms in total. The van der Waals surface area contributed by atoms with Crippen molar-refractivity contribution in [3.8, 4) is 0 Å². The standard InChI is InChI=1S/C24H22N4O2.CH4IP/c25-12-21-19-2-1-18(15-6-9-30-10-7-15)24(20(19)3-4-22(21)26)16-5-8-28-13-17(14-29)27-23(28)11-16;1-3-2/h3-6,8,11-14,25H,1-2,7,9-10,26H2;3H,1H3. The van der Waals surface area contributed by atoms with Crippen molar-refractivity contribution in [1.29, 1.82) is 5.41 Å². The predicted octanol–water partition coefficient (Wildman–Crippen LogP) is 5.47. The van der Waals surface area contributed by atoms with Gasteiger partial charge in [-0.2, -0.15) is 0 Å². The van der Waals surface area contributed by atoms with Gasteiger partial charge < -0.3 is 20.3 Å². The maximum Gasteiger partial charge on any atom is 0.170 e. The molecule has 170 valence electrons. The molecule has 1 aliphatic heterocycles. The van der Waals surface area contributed by atoms with E-state index in [9.17, 15) is 4.79 Å². The maximum atomic E-state index is 11.1. The molecule has 33 heavy (non-hydrogen) atoms. The van der Waals surface area contributed by atoms with Gasteiger partial charge in [0.25, 0.3) is 0 Å². The SMILES string of the molecule is CPI.N=Cc1c(N)ccc2c1CCC(C1=CCOCC1)=C2c1ccn2cc(C=O)nc2c1. The summed E-state index contributed by atoms with van der Waals surface area (Å²) in [7, 11) is 0. The van der Waals surface area contributed by atoms with Crippen molar-refractivity contribution in [3.05, 3.63) is 81.8 Å². The number of aldehydes is 1. The van der Waals surface area contributed by atoms with Crippen molar-refractivity contribution < 1.29 is 9.53 Å². The number of aromatic nitrogens is 2. The van der Waals surface area contributed by atoms with Gasteiger partial charge >= 0.3 is 0 Å². The number of nitrogen functional groups attached to an aromatic ring is 1. The van der Waals surface area contributed by atoms with E-state index in [4.69, 9.17) is 15.9 Å². The predicted molar refractivity (Wildman–Crippen MR) is 145 cm³/mol. The number of ether oxygens (including phenoxy) is 1. The molecular formula is C25H26IN4O2P. The Kier molecular flexibility index (Phi) is 7.73. The van der Waals surface area contributed by atoms with Crippen LogP contribution in [0.5, 0.6) is 0 Å². The van der Waals surface area contributed by atoms with Crippen LogP contribution in [0.1, 0.15) is 45.6 Å². The van der Waals surface area contributed by atoms with Crippen molar-refractivity contribution in [2.24, 2.45) is 0 Å². The number of halogens is 1. The molecule has 8 heteroatoms. The Balaban J connectivity index is 0.000000821. The van der Waals surface area contributed by atoms with Crippen LogP contribution in [0.2, 0.25) is 0 Å². The van der Waals surface area contributed by atoms with Gasteiger partial charge in [0, 0.05) is 29.9 Å². The number of anilines is 1. The third-order valence-corrected chi connectivity index (χ3v) is 5.97. The zero-order chi connectivity index (χ0) is 23.4. The average molecular weight is 572 g/mol. The quantitative estimate of drug-likeness (QED) is 0.143. The number of nitrogens with zero attached hydrogens (tertiary/aromatic N) is 2. The summed E-state index contributed by atoms with van der Waals surface area (Å²) in [6.07, 6.45) is 11.6. The Bertz CT molecular complexity index is 1280. The van der Waals surface area contributed by atoms with Crippen LogP contribution in [0.15, 0.2) is 53.9 Å². The van der Waals surface area contributed by atoms with Crippen LogP contribution in [0, 0.1) is 5.41 Å². The second-order valence-electron chi connectivity index (χ2n) is 7.80. The first-order valence-corrected chi connectivity index (χ1v) is 15.4. The van der Waals surface area contributed by atoms with Gasteiger partial charge in [0.2, 0.25) is 0 Å². The monoisotopic (exact) mass is 572 g/mol. The minimum Gasteiger partial charge on any atom is -0.398 e. The zero-order valence-corrected chi connectivity index (χ0v) is 21.6. The number of nitrogens with one attached hydrogen (secondary N) is 1. The van der Waals surface area contributed by atoms with Gasteiger partial charge in [-0.1, -0.05) is 40.4 Å². The van der Waals surface area contributed by atoms with E-state index in [1.165, 1.54) is 17.4 Å². The number of fused-ring (bicyclic) bond motifs is 2. The van der Waals surface area contributed by atoms with Crippen LogP contribution >= 0.6 is 28.3 Å². The van der Waals surface area contributed by atoms with E-state index < -0.39 is 0 Å². The molecule has 0 fully saturated rings. The van der Waals surface area contributed by atoms with Crippen LogP contribution in [-0.2, 0) is 11.2 Å². The Morgan fingerprint density at radius 1 is 1.27 bits per heavy atom. The van der Waals surface area contributed by atoms with Crippen LogP contribution in [0.3, 0.4) is 0 Å². The molecule has 3 N–H and O–H groups in total. The van der Waals surface area contributed by atoms with E-state index in [1.807, 2.05) is 22.7 Å². The smallest absolute Gasteiger partial charge is 0.170 e. The first-order chi connectivity index (χ1) is 16.1. The second-order valence-corrected chi connectivity index (χ2v) is 11.4. The Morgan fingerprint density at radius 3 is 2.79 bits per heavy atom. The van der Waals surface area contributed by atoms with Crippen LogP contribution in [0.4, 0.5) is 5.69 Å². The molecule has 3 aromatic rings. The Hall–Kier alpha value is -2.35. The maximum absolute atomic E-state index is 11.1. The zero-order valence-electron chi connectivity index (χ0n) is 18.4. The van der Waals surface area contributed by atoms with E-state index in [0.29, 0.717) is 18.0 Å². The van der Waals surface area contributed by atoms with Gasteiger partial charge in [-0.05, 0) is 77.5 Å². The molecule has 2 aromatic heterocycles. The highest BCUT2D eigenvalue weighted by Gasteiger charge is 2.26. The third-order valence-electron chi connectivity index (χ3n) is 5.97. The normalized spacial score (nSPS) is 15.8. The van der Waals surface area contributed by atoms with Gasteiger partial charge in [-0.25, -0.2) is 4.98 Å². The summed E-state index contributed by atoms with van der Waals surface area (Å²) in [4.78, 5) is 15.6. The molecule has 0 bridgehead atoms. The molecule has 2 aliphatic rings. The topological polar surface area (TPSA) is 93.5 Å². The lowest BCUT2D eigenvalue weighted by atomic mass is 9.77. The summed E-state index contributed by atoms with van der Waals surface area (Å²) in [6, 6.07) is 8.05. The lowest BCUT2D eigenvalue weighted by Gasteiger charge is -2.28. The summed E-state index contributed by atoms with van der Waals surface area (Å²) in [6.45, 7) is 3.50. The molecule has 0 saturated heterocycles. The van der Waals surface area contributed by atoms with Crippen molar-refractivity contribution in [2.45, 2.75) is 19.3 Å². The number of rotatable bonds is 4. The number of carbonyl (C=O) groups is 1. The second kappa shape index (κ2) is 10.7. The molecular weight excluding hydrogens is 546 g/mol. The van der Waals surface area contributed by atoms with Gasteiger partial charge in [-0.3, -0.25) is 4.79 Å². The summed E-state index contributed by atoms with van der Waals surface area (Å²) >= 11 is 2.32. The van der Waals surface area contributed by atoms with Crippen LogP contribution in [0.25, 0.3) is 11.2 Å². The number of pyridine rings is 1. The van der Waals surface area contributed by atoms with E-state index in [0.717, 1.165) is 71.9 Å². The number of allylic oxidation sites excluding steroid dienone is 1. The van der Waals surface area contributed by atoms with Gasteiger partial charge in [0.1, 0.15) is 11.3 Å². The first kappa shape index (κ1) is 23.8. The summed E-state index contributed by atoms with van der Waals surface area (Å²) in [5.41, 5.74) is 15.8. The molecule has 0 amide bonds. The van der Waals surface area contributed by atoms with Crippen LogP contribution in [-0.4, -0.2) is 41.8 Å². The third kappa shape index (κ3) is 4.81. The van der Waals surface area contributed by atoms with Crippen molar-refractivity contribution in [1.82, 2.24) is 9.38 Å². The molecule has 0 radical (unpaired) electrons. The number of hydrogen-bond acceptors (Lipinski definition) is 5. The lowest BCUT2D eigenvalue weighted by Crippen LogP contribution is -2.14. The van der Waals surface area contributed by atoms with Gasteiger partial charge in [0.15, 0.2) is 6.29 Å². The molecule has 1 atom stereocenters. The molecule has 5 rings (SSSR count). The fraction of sp³-hybridized carbons (Fsp3) is 0.240. The molecule has 0 saturated carbocycles. The minimum atomic E-state index is 0.413. The van der Waals surface area contributed by atoms with Gasteiger partial charge in [0.05, 0.1) is 13.2 Å². The van der Waals surface area contributed by atoms with Crippen molar-refractivity contribution in [3.63, 3.8) is 0 Å². The highest BCUT2D eigenvalue weighted by atomic mass is 127. The van der Waals surface area contributed by atoms with Gasteiger partial charge in [-0.15, -0.1) is 0 Å². The average Bonchev–Trinajstić information content (AvgIpc) is 3.27. The molecule has 0 spiro atoms. The molecule has 3 heterocycles. The summed E-state index contributed by atoms with van der Waals surface area (Å²) < 4.78 is 7.39. The molecule has 1 aromatic carbocycles. The van der Waals surface area contributed by atoms with E-state index >= 15 is 0 Å². The number of nitrogens with two attached hydrogens (primary N) is 1. The van der Waals surface area contributed by atoms with Crippen LogP contribution < -0.4 is 5.73 Å². The summed E-state index contributed by atoms with van der Waals surface area (Å²) in [5, 5.41) is 7.88. The molecule has 1 unspecified atom stereocenters. The number of imidazole rings is 1. The van der Waals surface area contributed by atoms with E-state index in [-0.39, 0.29) is 0 Å². The Morgan fingerprint density at radius 2 is 2.09 bits per heavy atom. The first-order valence-electron chi connectivity index (χ1n) is 10.8. The number of hydrogen-bond donors (Lipinski definition) is 2. The largest absolute Gasteiger partial charge is 0.398 e. The number of benzene rings is 1. The summed E-state index contributed by atoms with van der Waals surface area (Å²) in [5.74, 6) is 0.